The minimum Gasteiger partial charge on any atom is -0.493 e. The van der Waals surface area contributed by atoms with E-state index in [2.05, 4.69) is 26.0 Å². The van der Waals surface area contributed by atoms with E-state index in [9.17, 15) is 13.6 Å². The van der Waals surface area contributed by atoms with Gasteiger partial charge in [-0.2, -0.15) is 8.78 Å². The lowest BCUT2D eigenvalue weighted by atomic mass is 10.1. The largest absolute Gasteiger partial charge is 0.493 e. The number of methoxy groups -OCH3 is 1. The molecule has 1 atom stereocenters. The summed E-state index contributed by atoms with van der Waals surface area (Å²) in [6, 6.07) is 11.4. The van der Waals surface area contributed by atoms with Crippen molar-refractivity contribution < 1.29 is 23.0 Å². The molecule has 0 bridgehead atoms. The Morgan fingerprint density at radius 2 is 1.88 bits per heavy atom. The highest BCUT2D eigenvalue weighted by molar-refractivity contribution is 9.10. The molecule has 1 N–H and O–H groups in total. The number of ether oxygens (including phenoxy) is 2. The number of hydrogen-bond acceptors (Lipinski definition) is 3. The first-order chi connectivity index (χ1) is 11.4. The lowest BCUT2D eigenvalue weighted by Crippen LogP contribution is -2.26. The van der Waals surface area contributed by atoms with Gasteiger partial charge in [0.05, 0.1) is 13.2 Å². The normalized spacial score (nSPS) is 11.9. The molecule has 0 radical (unpaired) electrons. The van der Waals surface area contributed by atoms with Gasteiger partial charge in [0.25, 0.3) is 5.91 Å². The van der Waals surface area contributed by atoms with Crippen LogP contribution >= 0.6 is 15.9 Å². The second kappa shape index (κ2) is 8.10. The van der Waals surface area contributed by atoms with E-state index in [1.807, 2.05) is 31.2 Å². The molecule has 0 aromatic heterocycles. The van der Waals surface area contributed by atoms with Crippen molar-refractivity contribution in [3.8, 4) is 11.5 Å². The minimum absolute atomic E-state index is 0.0662. The van der Waals surface area contributed by atoms with Gasteiger partial charge >= 0.3 is 6.61 Å². The molecule has 0 aliphatic heterocycles. The Hall–Kier alpha value is -2.15. The first-order valence-corrected chi connectivity index (χ1v) is 7.89. The summed E-state index contributed by atoms with van der Waals surface area (Å²) in [7, 11) is 1.32. The number of nitrogens with one attached hydrogen (secondary N) is 1. The molecule has 2 aromatic rings. The molecule has 2 rings (SSSR count). The summed E-state index contributed by atoms with van der Waals surface area (Å²) in [4.78, 5) is 12.4. The Morgan fingerprint density at radius 3 is 2.50 bits per heavy atom. The molecule has 0 aliphatic carbocycles. The summed E-state index contributed by atoms with van der Waals surface area (Å²) in [5.41, 5.74) is 1.21. The van der Waals surface area contributed by atoms with Crippen LogP contribution in [0.1, 0.15) is 28.9 Å². The van der Waals surface area contributed by atoms with Crippen molar-refractivity contribution >= 4 is 21.8 Å². The molecule has 1 unspecified atom stereocenters. The molecular formula is C17H16BrF2NO3. The summed E-state index contributed by atoms with van der Waals surface area (Å²) in [6.07, 6.45) is 0. The highest BCUT2D eigenvalue weighted by Gasteiger charge is 2.17. The van der Waals surface area contributed by atoms with Gasteiger partial charge in [0.15, 0.2) is 11.5 Å². The second-order valence-electron chi connectivity index (χ2n) is 4.96. The van der Waals surface area contributed by atoms with Crippen molar-refractivity contribution in [2.24, 2.45) is 0 Å². The SMILES string of the molecule is COc1cc(C(=O)NC(C)c2ccccc2Br)ccc1OC(F)F. The first kappa shape index (κ1) is 18.2. The highest BCUT2D eigenvalue weighted by atomic mass is 79.9. The van der Waals surface area contributed by atoms with Crippen LogP contribution in [-0.2, 0) is 0 Å². The van der Waals surface area contributed by atoms with Gasteiger partial charge in [0.1, 0.15) is 0 Å². The Morgan fingerprint density at radius 1 is 1.17 bits per heavy atom. The third kappa shape index (κ3) is 4.44. The van der Waals surface area contributed by atoms with E-state index in [1.165, 1.54) is 25.3 Å². The summed E-state index contributed by atoms with van der Waals surface area (Å²) in [5, 5.41) is 2.85. The third-order valence-corrected chi connectivity index (χ3v) is 4.08. The quantitative estimate of drug-likeness (QED) is 0.774. The molecule has 24 heavy (non-hydrogen) atoms. The van der Waals surface area contributed by atoms with Crippen LogP contribution in [-0.4, -0.2) is 19.6 Å². The van der Waals surface area contributed by atoms with Gasteiger partial charge in [-0.25, -0.2) is 0 Å². The van der Waals surface area contributed by atoms with Crippen LogP contribution < -0.4 is 14.8 Å². The third-order valence-electron chi connectivity index (χ3n) is 3.36. The van der Waals surface area contributed by atoms with Gasteiger partial charge < -0.3 is 14.8 Å². The standard InChI is InChI=1S/C17H16BrF2NO3/c1-10(12-5-3-4-6-13(12)18)21-16(22)11-7-8-14(24-17(19)20)15(9-11)23-2/h3-10,17H,1-2H3,(H,21,22). The lowest BCUT2D eigenvalue weighted by molar-refractivity contribution is -0.0512. The van der Waals surface area contributed by atoms with E-state index >= 15 is 0 Å². The molecule has 0 heterocycles. The molecule has 7 heteroatoms. The van der Waals surface area contributed by atoms with Crippen LogP contribution in [0.3, 0.4) is 0 Å². The van der Waals surface area contributed by atoms with E-state index in [0.717, 1.165) is 10.0 Å². The van der Waals surface area contributed by atoms with E-state index in [1.54, 1.807) is 0 Å². The Bertz CT molecular complexity index is 725. The van der Waals surface area contributed by atoms with E-state index in [-0.39, 0.29) is 29.0 Å². The second-order valence-corrected chi connectivity index (χ2v) is 5.82. The lowest BCUT2D eigenvalue weighted by Gasteiger charge is -2.17. The zero-order chi connectivity index (χ0) is 17.7. The van der Waals surface area contributed by atoms with E-state index in [0.29, 0.717) is 0 Å². The smallest absolute Gasteiger partial charge is 0.387 e. The van der Waals surface area contributed by atoms with E-state index < -0.39 is 6.61 Å². The van der Waals surface area contributed by atoms with Crippen molar-refractivity contribution in [1.29, 1.82) is 0 Å². The van der Waals surface area contributed by atoms with Gasteiger partial charge in [-0.15, -0.1) is 0 Å². The molecule has 0 aliphatic rings. The van der Waals surface area contributed by atoms with Crippen molar-refractivity contribution in [3.63, 3.8) is 0 Å². The van der Waals surface area contributed by atoms with Crippen molar-refractivity contribution in [2.75, 3.05) is 7.11 Å². The van der Waals surface area contributed by atoms with Crippen LogP contribution in [0.15, 0.2) is 46.9 Å². The van der Waals surface area contributed by atoms with Crippen molar-refractivity contribution in [1.82, 2.24) is 5.32 Å². The first-order valence-electron chi connectivity index (χ1n) is 7.10. The summed E-state index contributed by atoms with van der Waals surface area (Å²) < 4.78 is 34.9. The Labute approximate surface area is 146 Å². The molecule has 4 nitrogen and oxygen atoms in total. The van der Waals surface area contributed by atoms with Crippen LogP contribution in [0.4, 0.5) is 8.78 Å². The van der Waals surface area contributed by atoms with Crippen molar-refractivity contribution in [2.45, 2.75) is 19.6 Å². The minimum atomic E-state index is -2.96. The number of alkyl halides is 2. The monoisotopic (exact) mass is 399 g/mol. The number of amides is 1. The molecule has 0 saturated carbocycles. The highest BCUT2D eigenvalue weighted by Crippen LogP contribution is 2.30. The number of benzene rings is 2. The maximum atomic E-state index is 12.4. The van der Waals surface area contributed by atoms with Crippen molar-refractivity contribution in [3.05, 3.63) is 58.1 Å². The van der Waals surface area contributed by atoms with Crippen LogP contribution in [0.25, 0.3) is 0 Å². The number of hydrogen-bond donors (Lipinski definition) is 1. The number of rotatable bonds is 6. The number of carbonyl (C=O) groups excluding carboxylic acids is 1. The number of halogens is 3. The molecule has 0 fully saturated rings. The van der Waals surface area contributed by atoms with Gasteiger partial charge in [-0.1, -0.05) is 34.1 Å². The topological polar surface area (TPSA) is 47.6 Å². The van der Waals surface area contributed by atoms with Gasteiger partial charge in [-0.3, -0.25) is 4.79 Å². The molecule has 1 amide bonds. The summed E-state index contributed by atoms with van der Waals surface area (Å²) in [5.74, 6) is -0.403. The van der Waals surface area contributed by atoms with Crippen LogP contribution in [0.5, 0.6) is 11.5 Å². The molecule has 2 aromatic carbocycles. The molecular weight excluding hydrogens is 384 g/mol. The van der Waals surface area contributed by atoms with Crippen LogP contribution in [0, 0.1) is 0 Å². The van der Waals surface area contributed by atoms with Gasteiger partial charge in [-0.05, 0) is 36.8 Å². The van der Waals surface area contributed by atoms with E-state index in [4.69, 9.17) is 4.74 Å². The summed E-state index contributed by atoms with van der Waals surface area (Å²) >= 11 is 3.44. The Kier molecular flexibility index (Phi) is 6.14. The number of carbonyl (C=O) groups is 1. The van der Waals surface area contributed by atoms with Gasteiger partial charge in [0.2, 0.25) is 0 Å². The average molecular weight is 400 g/mol. The fraction of sp³-hybridized carbons (Fsp3) is 0.235. The predicted octanol–water partition coefficient (Wildman–Crippen LogP) is 4.55. The summed E-state index contributed by atoms with van der Waals surface area (Å²) in [6.45, 7) is -1.11. The maximum Gasteiger partial charge on any atom is 0.387 e. The Balaban J connectivity index is 2.16. The van der Waals surface area contributed by atoms with Gasteiger partial charge in [0, 0.05) is 10.0 Å². The predicted molar refractivity (Wildman–Crippen MR) is 89.6 cm³/mol. The zero-order valence-electron chi connectivity index (χ0n) is 13.1. The molecule has 0 saturated heterocycles. The fourth-order valence-electron chi connectivity index (χ4n) is 2.19. The molecule has 128 valence electrons. The maximum absolute atomic E-state index is 12.4. The average Bonchev–Trinajstić information content (AvgIpc) is 2.54. The zero-order valence-corrected chi connectivity index (χ0v) is 14.6. The molecule has 0 spiro atoms. The fourth-order valence-corrected chi connectivity index (χ4v) is 2.81. The van der Waals surface area contributed by atoms with Crippen LogP contribution in [0.2, 0.25) is 0 Å².